The van der Waals surface area contributed by atoms with E-state index >= 15 is 0 Å². The van der Waals surface area contributed by atoms with E-state index in [1.165, 1.54) is 31.6 Å². The van der Waals surface area contributed by atoms with E-state index in [1.54, 1.807) is 0 Å². The summed E-state index contributed by atoms with van der Waals surface area (Å²) in [5.41, 5.74) is 2.21. The minimum atomic E-state index is 1.02. The molecule has 4 heteroatoms. The number of fused-ring (bicyclic) bond motifs is 1. The van der Waals surface area contributed by atoms with E-state index in [0.717, 1.165) is 23.2 Å². The molecule has 0 aliphatic carbocycles. The molecule has 2 aromatic heterocycles. The van der Waals surface area contributed by atoms with Gasteiger partial charge in [0.05, 0.1) is 10.3 Å². The van der Waals surface area contributed by atoms with Crippen molar-refractivity contribution in [3.63, 3.8) is 0 Å². The van der Waals surface area contributed by atoms with Gasteiger partial charge < -0.3 is 4.90 Å². The van der Waals surface area contributed by atoms with Gasteiger partial charge in [0.25, 0.3) is 0 Å². The Hall–Kier alpha value is -0.870. The second kappa shape index (κ2) is 4.78. The molecule has 1 aliphatic heterocycles. The molecule has 0 saturated carbocycles. The van der Waals surface area contributed by atoms with E-state index in [1.807, 2.05) is 18.2 Å². The molecule has 0 unspecified atom stereocenters. The van der Waals surface area contributed by atoms with Crippen molar-refractivity contribution in [2.75, 3.05) is 19.6 Å². The van der Waals surface area contributed by atoms with Crippen LogP contribution in [-0.4, -0.2) is 33.9 Å². The van der Waals surface area contributed by atoms with E-state index in [2.05, 4.69) is 36.4 Å². The highest BCUT2D eigenvalue weighted by atomic mass is 79.9. The highest BCUT2D eigenvalue weighted by molar-refractivity contribution is 9.10. The van der Waals surface area contributed by atoms with Crippen molar-refractivity contribution in [2.24, 2.45) is 0 Å². The number of hydrogen-bond acceptors (Lipinski definition) is 2. The second-order valence-electron chi connectivity index (χ2n) is 4.61. The predicted molar refractivity (Wildman–Crippen MR) is 72.3 cm³/mol. The lowest BCUT2D eigenvalue weighted by Gasteiger charge is -2.12. The van der Waals surface area contributed by atoms with Crippen molar-refractivity contribution < 1.29 is 0 Å². The first-order valence-corrected chi connectivity index (χ1v) is 6.97. The average Bonchev–Trinajstić information content (AvgIpc) is 2.95. The highest BCUT2D eigenvalue weighted by Crippen LogP contribution is 2.15. The van der Waals surface area contributed by atoms with Gasteiger partial charge in [-0.15, -0.1) is 0 Å². The van der Waals surface area contributed by atoms with Gasteiger partial charge in [-0.3, -0.25) is 4.40 Å². The van der Waals surface area contributed by atoms with Crippen molar-refractivity contribution in [3.8, 4) is 0 Å². The summed E-state index contributed by atoms with van der Waals surface area (Å²) >= 11 is 3.54. The SMILES string of the molecule is Brc1cccc2nc(CCN3CCCC3)cn12. The largest absolute Gasteiger partial charge is 0.303 e. The van der Waals surface area contributed by atoms with Crippen LogP contribution < -0.4 is 0 Å². The molecule has 0 aromatic carbocycles. The fraction of sp³-hybridized carbons (Fsp3) is 0.462. The Bertz CT molecular complexity index is 514. The number of halogens is 1. The molecule has 0 bridgehead atoms. The maximum absolute atomic E-state index is 4.64. The van der Waals surface area contributed by atoms with E-state index in [4.69, 9.17) is 0 Å². The minimum absolute atomic E-state index is 1.02. The zero-order valence-electron chi connectivity index (χ0n) is 9.77. The maximum atomic E-state index is 4.64. The van der Waals surface area contributed by atoms with Crippen molar-refractivity contribution >= 4 is 21.6 Å². The Labute approximate surface area is 110 Å². The standard InChI is InChI=1S/C13H16BrN3/c14-12-4-3-5-13-15-11(10-17(12)13)6-9-16-7-1-2-8-16/h3-5,10H,1-2,6-9H2. The van der Waals surface area contributed by atoms with Crippen LogP contribution in [0.15, 0.2) is 29.0 Å². The van der Waals surface area contributed by atoms with Gasteiger partial charge in [-0.25, -0.2) is 4.98 Å². The molecule has 1 fully saturated rings. The smallest absolute Gasteiger partial charge is 0.137 e. The van der Waals surface area contributed by atoms with E-state index in [-0.39, 0.29) is 0 Å². The van der Waals surface area contributed by atoms with Crippen LogP contribution in [-0.2, 0) is 6.42 Å². The molecule has 0 N–H and O–H groups in total. The lowest BCUT2D eigenvalue weighted by Crippen LogP contribution is -2.21. The van der Waals surface area contributed by atoms with Gasteiger partial charge in [0.1, 0.15) is 5.65 Å². The van der Waals surface area contributed by atoms with Gasteiger partial charge in [-0.2, -0.15) is 0 Å². The lowest BCUT2D eigenvalue weighted by atomic mass is 10.3. The zero-order valence-corrected chi connectivity index (χ0v) is 11.4. The fourth-order valence-corrected chi connectivity index (χ4v) is 2.86. The van der Waals surface area contributed by atoms with Crippen LogP contribution in [0.4, 0.5) is 0 Å². The summed E-state index contributed by atoms with van der Waals surface area (Å²) in [4.78, 5) is 7.17. The Morgan fingerprint density at radius 3 is 2.82 bits per heavy atom. The summed E-state index contributed by atoms with van der Waals surface area (Å²) in [6, 6.07) is 6.11. The summed E-state index contributed by atoms with van der Waals surface area (Å²) in [6.45, 7) is 3.66. The third-order valence-electron chi connectivity index (χ3n) is 3.38. The molecule has 0 spiro atoms. The van der Waals surface area contributed by atoms with Gasteiger partial charge >= 0.3 is 0 Å². The van der Waals surface area contributed by atoms with E-state index < -0.39 is 0 Å². The molecule has 1 saturated heterocycles. The number of aromatic nitrogens is 2. The number of pyridine rings is 1. The second-order valence-corrected chi connectivity index (χ2v) is 5.42. The average molecular weight is 294 g/mol. The minimum Gasteiger partial charge on any atom is -0.303 e. The molecular formula is C13H16BrN3. The summed E-state index contributed by atoms with van der Waals surface area (Å²) in [6.07, 6.45) is 5.90. The third-order valence-corrected chi connectivity index (χ3v) is 4.02. The van der Waals surface area contributed by atoms with Gasteiger partial charge in [0.15, 0.2) is 0 Å². The zero-order chi connectivity index (χ0) is 11.7. The van der Waals surface area contributed by atoms with Gasteiger partial charge in [-0.1, -0.05) is 6.07 Å². The number of likely N-dealkylation sites (tertiary alicyclic amines) is 1. The first kappa shape index (κ1) is 11.2. The fourth-order valence-electron chi connectivity index (χ4n) is 2.43. The maximum Gasteiger partial charge on any atom is 0.137 e. The van der Waals surface area contributed by atoms with E-state index in [0.29, 0.717) is 0 Å². The Kier molecular flexibility index (Phi) is 3.16. The molecule has 0 atom stereocenters. The van der Waals surface area contributed by atoms with Gasteiger partial charge in [0.2, 0.25) is 0 Å². The number of hydrogen-bond donors (Lipinski definition) is 0. The van der Waals surface area contributed by atoms with Crippen LogP contribution in [0.5, 0.6) is 0 Å². The summed E-state index contributed by atoms with van der Waals surface area (Å²) in [5, 5.41) is 0. The van der Waals surface area contributed by atoms with E-state index in [9.17, 15) is 0 Å². The molecular weight excluding hydrogens is 278 g/mol. The topological polar surface area (TPSA) is 20.5 Å². The van der Waals surface area contributed by atoms with Crippen molar-refractivity contribution in [1.82, 2.24) is 14.3 Å². The van der Waals surface area contributed by atoms with Gasteiger partial charge in [0, 0.05) is 19.2 Å². The Morgan fingerprint density at radius 1 is 1.24 bits per heavy atom. The molecule has 3 heterocycles. The van der Waals surface area contributed by atoms with Crippen LogP contribution in [0.3, 0.4) is 0 Å². The van der Waals surface area contributed by atoms with Crippen LogP contribution in [0.1, 0.15) is 18.5 Å². The van der Waals surface area contributed by atoms with Crippen LogP contribution in [0, 0.1) is 0 Å². The third kappa shape index (κ3) is 2.38. The summed E-state index contributed by atoms with van der Waals surface area (Å²) < 4.78 is 3.16. The molecule has 3 rings (SSSR count). The Balaban J connectivity index is 1.74. The van der Waals surface area contributed by atoms with Gasteiger partial charge in [-0.05, 0) is 54.0 Å². The number of imidazole rings is 1. The Morgan fingerprint density at radius 2 is 2.06 bits per heavy atom. The number of rotatable bonds is 3. The molecule has 0 radical (unpaired) electrons. The molecule has 2 aromatic rings. The highest BCUT2D eigenvalue weighted by Gasteiger charge is 2.12. The van der Waals surface area contributed by atoms with Crippen LogP contribution in [0.25, 0.3) is 5.65 Å². The first-order chi connectivity index (χ1) is 8.33. The molecule has 1 aliphatic rings. The predicted octanol–water partition coefficient (Wildman–Crippen LogP) is 2.74. The molecule has 0 amide bonds. The van der Waals surface area contributed by atoms with Crippen LogP contribution >= 0.6 is 15.9 Å². The van der Waals surface area contributed by atoms with Crippen molar-refractivity contribution in [2.45, 2.75) is 19.3 Å². The number of nitrogens with zero attached hydrogens (tertiary/aromatic N) is 3. The summed E-state index contributed by atoms with van der Waals surface area (Å²) in [7, 11) is 0. The van der Waals surface area contributed by atoms with Crippen molar-refractivity contribution in [1.29, 1.82) is 0 Å². The summed E-state index contributed by atoms with van der Waals surface area (Å²) in [5.74, 6) is 0. The normalized spacial score (nSPS) is 17.0. The van der Waals surface area contributed by atoms with Crippen LogP contribution in [0.2, 0.25) is 0 Å². The first-order valence-electron chi connectivity index (χ1n) is 6.18. The lowest BCUT2D eigenvalue weighted by molar-refractivity contribution is 0.342. The monoisotopic (exact) mass is 293 g/mol. The molecule has 17 heavy (non-hydrogen) atoms. The molecule has 3 nitrogen and oxygen atoms in total. The molecule has 90 valence electrons. The quantitative estimate of drug-likeness (QED) is 0.811. The van der Waals surface area contributed by atoms with Crippen molar-refractivity contribution in [3.05, 3.63) is 34.7 Å².